The van der Waals surface area contributed by atoms with Gasteiger partial charge in [0, 0.05) is 56.4 Å². The Hall–Kier alpha value is -2.63. The SMILES string of the molecule is O=C(CN1CCN(Cc2ccccc2)CC1)NCCc1c[nH]c2ccccc12. The van der Waals surface area contributed by atoms with Crippen molar-refractivity contribution >= 4 is 16.8 Å². The van der Waals surface area contributed by atoms with Crippen LogP contribution in [0.4, 0.5) is 0 Å². The van der Waals surface area contributed by atoms with E-state index in [2.05, 4.69) is 68.6 Å². The average Bonchev–Trinajstić information content (AvgIpc) is 3.14. The Morgan fingerprint density at radius 1 is 0.929 bits per heavy atom. The van der Waals surface area contributed by atoms with Crippen LogP contribution >= 0.6 is 0 Å². The highest BCUT2D eigenvalue weighted by atomic mass is 16.2. The van der Waals surface area contributed by atoms with Crippen molar-refractivity contribution in [3.63, 3.8) is 0 Å². The minimum absolute atomic E-state index is 0.122. The van der Waals surface area contributed by atoms with Gasteiger partial charge in [0.05, 0.1) is 6.54 Å². The zero-order valence-corrected chi connectivity index (χ0v) is 16.2. The Morgan fingerprint density at radius 3 is 2.46 bits per heavy atom. The molecule has 28 heavy (non-hydrogen) atoms. The van der Waals surface area contributed by atoms with Crippen LogP contribution in [0.3, 0.4) is 0 Å². The second-order valence-electron chi connectivity index (χ2n) is 7.50. The summed E-state index contributed by atoms with van der Waals surface area (Å²) < 4.78 is 0. The van der Waals surface area contributed by atoms with Gasteiger partial charge in [-0.3, -0.25) is 14.6 Å². The number of nitrogens with zero attached hydrogens (tertiary/aromatic N) is 2. The molecule has 1 aliphatic rings. The van der Waals surface area contributed by atoms with Crippen molar-refractivity contribution in [2.45, 2.75) is 13.0 Å². The lowest BCUT2D eigenvalue weighted by atomic mass is 10.1. The lowest BCUT2D eigenvalue weighted by Crippen LogP contribution is -2.49. The molecule has 0 radical (unpaired) electrons. The van der Waals surface area contributed by atoms with Crippen LogP contribution in [-0.4, -0.2) is 60.0 Å². The Kier molecular flexibility index (Phi) is 6.04. The molecule has 4 rings (SSSR count). The zero-order valence-electron chi connectivity index (χ0n) is 16.2. The van der Waals surface area contributed by atoms with Gasteiger partial charge in [-0.15, -0.1) is 0 Å². The molecule has 1 saturated heterocycles. The highest BCUT2D eigenvalue weighted by Gasteiger charge is 2.18. The number of hydrogen-bond donors (Lipinski definition) is 2. The highest BCUT2D eigenvalue weighted by Crippen LogP contribution is 2.17. The maximum absolute atomic E-state index is 12.3. The fourth-order valence-corrected chi connectivity index (χ4v) is 3.88. The number of H-pyrrole nitrogens is 1. The van der Waals surface area contributed by atoms with Gasteiger partial charge in [0.15, 0.2) is 0 Å². The number of benzene rings is 2. The second kappa shape index (κ2) is 9.04. The van der Waals surface area contributed by atoms with Crippen molar-refractivity contribution in [2.24, 2.45) is 0 Å². The average molecular weight is 377 g/mol. The third kappa shape index (κ3) is 4.80. The van der Waals surface area contributed by atoms with Gasteiger partial charge in [0.25, 0.3) is 0 Å². The Bertz CT molecular complexity index is 897. The number of aromatic amines is 1. The number of para-hydroxylation sites is 1. The summed E-state index contributed by atoms with van der Waals surface area (Å²) >= 11 is 0. The number of fused-ring (bicyclic) bond motifs is 1. The topological polar surface area (TPSA) is 51.4 Å². The molecule has 1 aromatic heterocycles. The number of carbonyl (C=O) groups excluding carboxylic acids is 1. The fraction of sp³-hybridized carbons (Fsp3) is 0.348. The summed E-state index contributed by atoms with van der Waals surface area (Å²) in [5.41, 5.74) is 3.76. The minimum Gasteiger partial charge on any atom is -0.361 e. The van der Waals surface area contributed by atoms with Crippen molar-refractivity contribution in [1.82, 2.24) is 20.1 Å². The number of piperazine rings is 1. The van der Waals surface area contributed by atoms with E-state index in [1.807, 2.05) is 12.3 Å². The van der Waals surface area contributed by atoms with Gasteiger partial charge < -0.3 is 10.3 Å². The summed E-state index contributed by atoms with van der Waals surface area (Å²) in [4.78, 5) is 20.3. The predicted octanol–water partition coefficient (Wildman–Crippen LogP) is 2.64. The first-order valence-electron chi connectivity index (χ1n) is 10.1. The van der Waals surface area contributed by atoms with E-state index >= 15 is 0 Å². The number of carbonyl (C=O) groups is 1. The number of nitrogens with one attached hydrogen (secondary N) is 2. The largest absolute Gasteiger partial charge is 0.361 e. The standard InChI is InChI=1S/C23H28N4O/c28-23(24-11-10-20-16-25-22-9-5-4-8-21(20)22)18-27-14-12-26(13-15-27)17-19-6-2-1-3-7-19/h1-9,16,25H,10-15,17-18H2,(H,24,28). The Labute approximate surface area is 166 Å². The minimum atomic E-state index is 0.122. The van der Waals surface area contributed by atoms with E-state index in [4.69, 9.17) is 0 Å². The van der Waals surface area contributed by atoms with Gasteiger partial charge in [0.1, 0.15) is 0 Å². The van der Waals surface area contributed by atoms with Crippen LogP contribution in [-0.2, 0) is 17.8 Å². The molecule has 2 heterocycles. The maximum atomic E-state index is 12.3. The molecular formula is C23H28N4O. The fourth-order valence-electron chi connectivity index (χ4n) is 3.88. The second-order valence-corrected chi connectivity index (χ2v) is 7.50. The Balaban J connectivity index is 1.17. The molecule has 0 aliphatic carbocycles. The number of rotatable bonds is 7. The molecule has 5 nitrogen and oxygen atoms in total. The molecular weight excluding hydrogens is 348 g/mol. The van der Waals surface area contributed by atoms with E-state index in [1.54, 1.807) is 0 Å². The molecule has 3 aromatic rings. The highest BCUT2D eigenvalue weighted by molar-refractivity contribution is 5.83. The molecule has 2 aromatic carbocycles. The smallest absolute Gasteiger partial charge is 0.234 e. The molecule has 0 atom stereocenters. The molecule has 5 heteroatoms. The number of aromatic nitrogens is 1. The monoisotopic (exact) mass is 376 g/mol. The van der Waals surface area contributed by atoms with Gasteiger partial charge >= 0.3 is 0 Å². The summed E-state index contributed by atoms with van der Waals surface area (Å²) in [5, 5.41) is 4.32. The summed E-state index contributed by atoms with van der Waals surface area (Å²) in [6.45, 7) is 6.08. The van der Waals surface area contributed by atoms with Gasteiger partial charge in [0.2, 0.25) is 5.91 Å². The number of hydrogen-bond acceptors (Lipinski definition) is 3. The van der Waals surface area contributed by atoms with Crippen LogP contribution < -0.4 is 5.32 Å². The molecule has 0 unspecified atom stereocenters. The van der Waals surface area contributed by atoms with Crippen molar-refractivity contribution in [1.29, 1.82) is 0 Å². The first-order chi connectivity index (χ1) is 13.8. The molecule has 1 fully saturated rings. The van der Waals surface area contributed by atoms with E-state index in [0.29, 0.717) is 13.1 Å². The van der Waals surface area contributed by atoms with Gasteiger partial charge in [-0.2, -0.15) is 0 Å². The summed E-state index contributed by atoms with van der Waals surface area (Å²) in [6, 6.07) is 18.9. The van der Waals surface area contributed by atoms with E-state index in [1.165, 1.54) is 16.5 Å². The molecule has 0 saturated carbocycles. The van der Waals surface area contributed by atoms with Crippen LogP contribution in [0.25, 0.3) is 10.9 Å². The lowest BCUT2D eigenvalue weighted by Gasteiger charge is -2.34. The maximum Gasteiger partial charge on any atom is 0.234 e. The number of amides is 1. The van der Waals surface area contributed by atoms with Crippen molar-refractivity contribution in [3.8, 4) is 0 Å². The third-order valence-electron chi connectivity index (χ3n) is 5.47. The van der Waals surface area contributed by atoms with E-state index in [0.717, 1.165) is 44.7 Å². The quantitative estimate of drug-likeness (QED) is 0.667. The van der Waals surface area contributed by atoms with Crippen LogP contribution in [0.5, 0.6) is 0 Å². The normalized spacial score (nSPS) is 15.7. The third-order valence-corrected chi connectivity index (χ3v) is 5.47. The zero-order chi connectivity index (χ0) is 19.2. The molecule has 0 bridgehead atoms. The van der Waals surface area contributed by atoms with Crippen LogP contribution in [0.1, 0.15) is 11.1 Å². The van der Waals surface area contributed by atoms with Gasteiger partial charge in [-0.1, -0.05) is 48.5 Å². The van der Waals surface area contributed by atoms with Crippen molar-refractivity contribution < 1.29 is 4.79 Å². The van der Waals surface area contributed by atoms with Crippen molar-refractivity contribution in [2.75, 3.05) is 39.3 Å². The first-order valence-corrected chi connectivity index (χ1v) is 10.1. The van der Waals surface area contributed by atoms with Crippen LogP contribution in [0.2, 0.25) is 0 Å². The van der Waals surface area contributed by atoms with Crippen LogP contribution in [0.15, 0.2) is 60.8 Å². The first kappa shape index (κ1) is 18.7. The summed E-state index contributed by atoms with van der Waals surface area (Å²) in [5.74, 6) is 0.122. The van der Waals surface area contributed by atoms with E-state index < -0.39 is 0 Å². The summed E-state index contributed by atoms with van der Waals surface area (Å²) in [6.07, 6.45) is 2.89. The van der Waals surface area contributed by atoms with Crippen LogP contribution in [0, 0.1) is 0 Å². The lowest BCUT2D eigenvalue weighted by molar-refractivity contribution is -0.122. The van der Waals surface area contributed by atoms with E-state index in [9.17, 15) is 4.79 Å². The van der Waals surface area contributed by atoms with Gasteiger partial charge in [-0.25, -0.2) is 0 Å². The van der Waals surface area contributed by atoms with Crippen molar-refractivity contribution in [3.05, 3.63) is 71.9 Å². The summed E-state index contributed by atoms with van der Waals surface area (Å²) in [7, 11) is 0. The molecule has 1 amide bonds. The Morgan fingerprint density at radius 2 is 1.64 bits per heavy atom. The molecule has 1 aliphatic heterocycles. The molecule has 0 spiro atoms. The molecule has 146 valence electrons. The molecule has 2 N–H and O–H groups in total. The van der Waals surface area contributed by atoms with Gasteiger partial charge in [-0.05, 0) is 23.6 Å². The predicted molar refractivity (Wildman–Crippen MR) is 113 cm³/mol. The van der Waals surface area contributed by atoms with E-state index in [-0.39, 0.29) is 5.91 Å².